The Kier molecular flexibility index (Phi) is 12.6. The van der Waals surface area contributed by atoms with Crippen LogP contribution in [-0.4, -0.2) is 76.6 Å². The molecule has 182 valence electrons. The summed E-state index contributed by atoms with van der Waals surface area (Å²) in [4.78, 5) is 59.4. The van der Waals surface area contributed by atoms with Gasteiger partial charge >= 0.3 is 11.9 Å². The van der Waals surface area contributed by atoms with E-state index in [1.54, 1.807) is 30.3 Å². The van der Waals surface area contributed by atoms with Crippen LogP contribution in [0.25, 0.3) is 0 Å². The van der Waals surface area contributed by atoms with Crippen LogP contribution in [-0.2, 0) is 30.4 Å². The van der Waals surface area contributed by atoms with Gasteiger partial charge in [-0.25, -0.2) is 4.79 Å². The van der Waals surface area contributed by atoms with Crippen molar-refractivity contribution < 1.29 is 34.2 Å². The van der Waals surface area contributed by atoms with Crippen molar-refractivity contribution in [3.05, 3.63) is 35.9 Å². The number of carboxylic acids is 2. The zero-order valence-electron chi connectivity index (χ0n) is 18.3. The maximum atomic E-state index is 12.7. The molecule has 11 nitrogen and oxygen atoms in total. The third-order valence-electron chi connectivity index (χ3n) is 4.59. The smallest absolute Gasteiger partial charge is 0.326 e. The van der Waals surface area contributed by atoms with Gasteiger partial charge in [-0.2, -0.15) is 11.8 Å². The quantitative estimate of drug-likeness (QED) is 0.189. The van der Waals surface area contributed by atoms with E-state index in [-0.39, 0.29) is 12.8 Å². The maximum absolute atomic E-state index is 12.7. The molecule has 7 N–H and O–H groups in total. The first kappa shape index (κ1) is 27.9. The van der Waals surface area contributed by atoms with Crippen molar-refractivity contribution in [3.63, 3.8) is 0 Å². The molecule has 0 radical (unpaired) electrons. The Morgan fingerprint density at radius 1 is 0.970 bits per heavy atom. The zero-order valence-corrected chi connectivity index (χ0v) is 19.1. The van der Waals surface area contributed by atoms with E-state index in [1.165, 1.54) is 11.8 Å². The summed E-state index contributed by atoms with van der Waals surface area (Å²) in [6.07, 6.45) is 1.61. The summed E-state index contributed by atoms with van der Waals surface area (Å²) in [5, 5.41) is 25.5. The molecular formula is C21H30N4O7S. The van der Waals surface area contributed by atoms with Crippen LogP contribution < -0.4 is 21.7 Å². The van der Waals surface area contributed by atoms with E-state index in [1.807, 2.05) is 6.26 Å². The third kappa shape index (κ3) is 11.3. The number of carbonyl (C=O) groups is 5. The molecule has 1 aromatic carbocycles. The van der Waals surface area contributed by atoms with Crippen LogP contribution in [0.3, 0.4) is 0 Å². The van der Waals surface area contributed by atoms with Gasteiger partial charge in [-0.3, -0.25) is 19.2 Å². The molecular weight excluding hydrogens is 452 g/mol. The second-order valence-electron chi connectivity index (χ2n) is 7.25. The molecule has 3 unspecified atom stereocenters. The molecule has 0 aliphatic carbocycles. The van der Waals surface area contributed by atoms with Gasteiger partial charge in [0.15, 0.2) is 0 Å². The fourth-order valence-electron chi connectivity index (χ4n) is 2.78. The van der Waals surface area contributed by atoms with Gasteiger partial charge in [0.05, 0.1) is 12.6 Å². The van der Waals surface area contributed by atoms with E-state index >= 15 is 0 Å². The number of nitrogens with two attached hydrogens (primary N) is 1. The molecule has 0 aliphatic rings. The highest BCUT2D eigenvalue weighted by atomic mass is 32.2. The number of benzene rings is 1. The largest absolute Gasteiger partial charge is 0.481 e. The number of aliphatic carboxylic acids is 2. The van der Waals surface area contributed by atoms with Gasteiger partial charge in [-0.05, 0) is 30.4 Å². The highest BCUT2D eigenvalue weighted by Crippen LogP contribution is 2.06. The molecule has 33 heavy (non-hydrogen) atoms. The molecule has 1 aromatic rings. The van der Waals surface area contributed by atoms with Crippen LogP contribution in [0, 0.1) is 0 Å². The molecule has 1 rings (SSSR count). The Morgan fingerprint density at radius 3 is 2.21 bits per heavy atom. The number of carboxylic acid groups (broad SMARTS) is 2. The highest BCUT2D eigenvalue weighted by molar-refractivity contribution is 7.98. The molecule has 0 aromatic heterocycles. The number of hydrogen-bond donors (Lipinski definition) is 6. The van der Waals surface area contributed by atoms with Crippen LogP contribution in [0.1, 0.15) is 24.8 Å². The minimum Gasteiger partial charge on any atom is -0.481 e. The lowest BCUT2D eigenvalue weighted by Crippen LogP contribution is -2.54. The number of thioether (sulfide) groups is 1. The predicted molar refractivity (Wildman–Crippen MR) is 122 cm³/mol. The molecule has 3 atom stereocenters. The lowest BCUT2D eigenvalue weighted by Gasteiger charge is -2.21. The lowest BCUT2D eigenvalue weighted by molar-refractivity contribution is -0.143. The van der Waals surface area contributed by atoms with Gasteiger partial charge in [0.2, 0.25) is 17.7 Å². The average molecular weight is 483 g/mol. The van der Waals surface area contributed by atoms with Gasteiger partial charge in [0.25, 0.3) is 0 Å². The number of carbonyl (C=O) groups excluding carboxylic acids is 3. The summed E-state index contributed by atoms with van der Waals surface area (Å²) in [5.74, 6) is -3.89. The number of nitrogens with one attached hydrogen (secondary N) is 3. The van der Waals surface area contributed by atoms with E-state index in [0.717, 1.165) is 0 Å². The Hall–Kier alpha value is -3.12. The first-order valence-corrected chi connectivity index (χ1v) is 11.6. The predicted octanol–water partition coefficient (Wildman–Crippen LogP) is -0.655. The molecule has 0 spiro atoms. The first-order valence-electron chi connectivity index (χ1n) is 10.2. The van der Waals surface area contributed by atoms with Gasteiger partial charge < -0.3 is 31.9 Å². The second kappa shape index (κ2) is 14.9. The van der Waals surface area contributed by atoms with Gasteiger partial charge in [-0.15, -0.1) is 0 Å². The van der Waals surface area contributed by atoms with Crippen LogP contribution in [0.2, 0.25) is 0 Å². The molecule has 12 heteroatoms. The average Bonchev–Trinajstić information content (AvgIpc) is 2.78. The summed E-state index contributed by atoms with van der Waals surface area (Å²) in [6.45, 7) is -0.463. The summed E-state index contributed by atoms with van der Waals surface area (Å²) in [7, 11) is 0. The van der Waals surface area contributed by atoms with Gasteiger partial charge in [0, 0.05) is 12.8 Å². The van der Waals surface area contributed by atoms with E-state index < -0.39 is 60.8 Å². The zero-order chi connectivity index (χ0) is 24.8. The van der Waals surface area contributed by atoms with Crippen LogP contribution in [0.4, 0.5) is 0 Å². The van der Waals surface area contributed by atoms with E-state index in [9.17, 15) is 29.1 Å². The fourth-order valence-corrected chi connectivity index (χ4v) is 3.27. The van der Waals surface area contributed by atoms with E-state index in [2.05, 4.69) is 16.0 Å². The first-order chi connectivity index (χ1) is 15.6. The number of amides is 3. The molecule has 3 amide bonds. The normalized spacial score (nSPS) is 13.3. The Bertz CT molecular complexity index is 822. The van der Waals surface area contributed by atoms with Crippen molar-refractivity contribution in [1.29, 1.82) is 0 Å². The SMILES string of the molecule is CSCCC(N)C(=O)NCC(=O)NC(CCC(=O)O)C(=O)NC(Cc1ccccc1)C(=O)O. The Labute approximate surface area is 195 Å². The molecule has 0 bridgehead atoms. The van der Waals surface area contributed by atoms with Crippen molar-refractivity contribution in [2.45, 2.75) is 43.8 Å². The summed E-state index contributed by atoms with van der Waals surface area (Å²) in [6, 6.07) is 5.28. The molecule has 0 saturated heterocycles. The third-order valence-corrected chi connectivity index (χ3v) is 5.23. The lowest BCUT2D eigenvalue weighted by atomic mass is 10.0. The monoisotopic (exact) mass is 482 g/mol. The van der Waals surface area contributed by atoms with Crippen molar-refractivity contribution in [2.75, 3.05) is 18.6 Å². The second-order valence-corrected chi connectivity index (χ2v) is 8.23. The van der Waals surface area contributed by atoms with Crippen LogP contribution in [0.5, 0.6) is 0 Å². The van der Waals surface area contributed by atoms with Crippen LogP contribution >= 0.6 is 11.8 Å². The van der Waals surface area contributed by atoms with E-state index in [4.69, 9.17) is 10.8 Å². The van der Waals surface area contributed by atoms with E-state index in [0.29, 0.717) is 17.7 Å². The molecule has 0 fully saturated rings. The summed E-state index contributed by atoms with van der Waals surface area (Å²) < 4.78 is 0. The van der Waals surface area contributed by atoms with Crippen molar-refractivity contribution >= 4 is 41.4 Å². The maximum Gasteiger partial charge on any atom is 0.326 e. The molecule has 0 saturated carbocycles. The van der Waals surface area contributed by atoms with Crippen LogP contribution in [0.15, 0.2) is 30.3 Å². The number of rotatable bonds is 15. The minimum absolute atomic E-state index is 0.00546. The van der Waals surface area contributed by atoms with Crippen molar-refractivity contribution in [1.82, 2.24) is 16.0 Å². The topological polar surface area (TPSA) is 188 Å². The molecule has 0 aliphatic heterocycles. The minimum atomic E-state index is -1.30. The summed E-state index contributed by atoms with van der Waals surface area (Å²) in [5.41, 5.74) is 6.40. The standard InChI is InChI=1S/C21H30N4O7S/c1-33-10-9-14(22)19(29)23-12-17(26)24-15(7-8-18(27)28)20(30)25-16(21(31)32)11-13-5-3-2-4-6-13/h2-6,14-16H,7-12,22H2,1H3,(H,23,29)(H,24,26)(H,25,30)(H,27,28)(H,31,32). The van der Waals surface area contributed by atoms with Crippen molar-refractivity contribution in [2.24, 2.45) is 5.73 Å². The Balaban J connectivity index is 2.74. The molecule has 0 heterocycles. The fraction of sp³-hybridized carbons (Fsp3) is 0.476. The van der Waals surface area contributed by atoms with Gasteiger partial charge in [0.1, 0.15) is 12.1 Å². The van der Waals surface area contributed by atoms with Gasteiger partial charge in [-0.1, -0.05) is 30.3 Å². The summed E-state index contributed by atoms with van der Waals surface area (Å²) >= 11 is 1.52. The number of hydrogen-bond acceptors (Lipinski definition) is 7. The highest BCUT2D eigenvalue weighted by Gasteiger charge is 2.27. The van der Waals surface area contributed by atoms with Crippen molar-refractivity contribution in [3.8, 4) is 0 Å². The Morgan fingerprint density at radius 2 is 1.64 bits per heavy atom.